The molecule has 0 unspecified atom stereocenters. The zero-order valence-electron chi connectivity index (χ0n) is 12.1. The van der Waals surface area contributed by atoms with Gasteiger partial charge in [-0.25, -0.2) is 10.8 Å². The predicted octanol–water partition coefficient (Wildman–Crippen LogP) is 1.87. The van der Waals surface area contributed by atoms with E-state index in [1.807, 2.05) is 14.1 Å². The maximum Gasteiger partial charge on any atom is 0.241 e. The van der Waals surface area contributed by atoms with E-state index in [0.29, 0.717) is 18.4 Å². The summed E-state index contributed by atoms with van der Waals surface area (Å²) in [7, 11) is 4.09. The van der Waals surface area contributed by atoms with Crippen molar-refractivity contribution in [2.45, 2.75) is 19.8 Å². The van der Waals surface area contributed by atoms with Crippen molar-refractivity contribution >= 4 is 27.5 Å². The van der Waals surface area contributed by atoms with E-state index in [4.69, 9.17) is 10.6 Å². The van der Waals surface area contributed by atoms with Crippen LogP contribution in [0, 0.1) is 0 Å². The Morgan fingerprint density at radius 2 is 2.20 bits per heavy atom. The van der Waals surface area contributed by atoms with Crippen LogP contribution >= 0.6 is 11.3 Å². The lowest BCUT2D eigenvalue weighted by atomic mass is 10.3. The van der Waals surface area contributed by atoms with Crippen molar-refractivity contribution < 1.29 is 4.74 Å². The van der Waals surface area contributed by atoms with Crippen molar-refractivity contribution in [2.75, 3.05) is 32.7 Å². The van der Waals surface area contributed by atoms with Gasteiger partial charge in [0, 0.05) is 11.4 Å². The highest BCUT2D eigenvalue weighted by atomic mass is 32.1. The Kier molecular flexibility index (Phi) is 5.11. The SMILES string of the molecule is CCc1cc2c(OCCCN(C)C)nc(NN)nc2s1. The minimum atomic E-state index is 0.393. The number of aromatic nitrogens is 2. The fraction of sp³-hybridized carbons (Fsp3) is 0.538. The molecule has 0 aliphatic carbocycles. The molecule has 0 saturated heterocycles. The average Bonchev–Trinajstić information content (AvgIpc) is 2.86. The number of fused-ring (bicyclic) bond motifs is 1. The van der Waals surface area contributed by atoms with E-state index in [9.17, 15) is 0 Å². The third kappa shape index (κ3) is 3.56. The molecule has 2 aromatic heterocycles. The van der Waals surface area contributed by atoms with Gasteiger partial charge < -0.3 is 9.64 Å². The zero-order valence-corrected chi connectivity index (χ0v) is 13.0. The number of nitrogen functional groups attached to an aromatic ring is 1. The number of rotatable bonds is 7. The molecule has 3 N–H and O–H groups in total. The highest BCUT2D eigenvalue weighted by Gasteiger charge is 2.12. The van der Waals surface area contributed by atoms with Crippen molar-refractivity contribution in [3.8, 4) is 5.88 Å². The maximum atomic E-state index is 5.80. The van der Waals surface area contributed by atoms with E-state index in [-0.39, 0.29) is 0 Å². The first kappa shape index (κ1) is 15.0. The molecule has 0 amide bonds. The van der Waals surface area contributed by atoms with Gasteiger partial charge in [-0.05, 0) is 33.0 Å². The van der Waals surface area contributed by atoms with Crippen LogP contribution in [0.25, 0.3) is 10.2 Å². The van der Waals surface area contributed by atoms with Crippen molar-refractivity contribution in [3.05, 3.63) is 10.9 Å². The summed E-state index contributed by atoms with van der Waals surface area (Å²) in [5, 5.41) is 0.968. The lowest BCUT2D eigenvalue weighted by Crippen LogP contribution is -2.16. The molecule has 0 radical (unpaired) electrons. The number of nitrogens with one attached hydrogen (secondary N) is 1. The summed E-state index contributed by atoms with van der Waals surface area (Å²) in [6.07, 6.45) is 1.93. The number of nitrogens with two attached hydrogens (primary N) is 1. The fourth-order valence-electron chi connectivity index (χ4n) is 1.84. The van der Waals surface area contributed by atoms with Crippen LogP contribution in [0.3, 0.4) is 0 Å². The predicted molar refractivity (Wildman–Crippen MR) is 83.3 cm³/mol. The molecule has 2 heterocycles. The van der Waals surface area contributed by atoms with Gasteiger partial charge in [0.2, 0.25) is 11.8 Å². The van der Waals surface area contributed by atoms with Crippen LogP contribution in [0.2, 0.25) is 0 Å². The van der Waals surface area contributed by atoms with Crippen LogP contribution in [-0.2, 0) is 6.42 Å². The van der Waals surface area contributed by atoms with E-state index in [2.05, 4.69) is 33.3 Å². The van der Waals surface area contributed by atoms with Gasteiger partial charge in [0.15, 0.2) is 0 Å². The molecule has 2 rings (SSSR count). The molecule has 110 valence electrons. The quantitative estimate of drug-likeness (QED) is 0.461. The van der Waals surface area contributed by atoms with Gasteiger partial charge in [0.25, 0.3) is 0 Å². The zero-order chi connectivity index (χ0) is 14.5. The van der Waals surface area contributed by atoms with Crippen LogP contribution in [0.5, 0.6) is 5.88 Å². The lowest BCUT2D eigenvalue weighted by molar-refractivity contribution is 0.276. The number of ether oxygens (including phenoxy) is 1. The Morgan fingerprint density at radius 3 is 2.85 bits per heavy atom. The number of aryl methyl sites for hydroxylation is 1. The van der Waals surface area contributed by atoms with Crippen LogP contribution in [0.15, 0.2) is 6.07 Å². The third-order valence-corrected chi connectivity index (χ3v) is 4.05. The van der Waals surface area contributed by atoms with E-state index in [1.165, 1.54) is 4.88 Å². The molecule has 0 bridgehead atoms. The summed E-state index contributed by atoms with van der Waals surface area (Å²) >= 11 is 1.65. The molecule has 0 aliphatic heterocycles. The monoisotopic (exact) mass is 295 g/mol. The first-order chi connectivity index (χ1) is 9.63. The summed E-state index contributed by atoms with van der Waals surface area (Å²) in [5.74, 6) is 6.41. The number of hydrogen-bond donors (Lipinski definition) is 2. The second kappa shape index (κ2) is 6.83. The summed E-state index contributed by atoms with van der Waals surface area (Å²) in [6.45, 7) is 3.74. The van der Waals surface area contributed by atoms with Gasteiger partial charge in [-0.2, -0.15) is 4.98 Å². The summed E-state index contributed by atoms with van der Waals surface area (Å²) in [6, 6.07) is 2.10. The van der Waals surface area contributed by atoms with Crippen molar-refractivity contribution in [1.82, 2.24) is 14.9 Å². The Morgan fingerprint density at radius 1 is 1.40 bits per heavy atom. The largest absolute Gasteiger partial charge is 0.477 e. The minimum absolute atomic E-state index is 0.393. The number of thiophene rings is 1. The molecule has 6 nitrogen and oxygen atoms in total. The van der Waals surface area contributed by atoms with Crippen LogP contribution < -0.4 is 16.0 Å². The number of hydrogen-bond acceptors (Lipinski definition) is 7. The first-order valence-electron chi connectivity index (χ1n) is 6.68. The van der Waals surface area contributed by atoms with E-state index in [1.54, 1.807) is 11.3 Å². The number of hydrazine groups is 1. The Balaban J connectivity index is 2.18. The molecule has 7 heteroatoms. The molecule has 0 fully saturated rings. The van der Waals surface area contributed by atoms with Crippen molar-refractivity contribution in [1.29, 1.82) is 0 Å². The standard InChI is InChI=1S/C13H21N5OS/c1-4-9-8-10-11(19-7-5-6-18(2)3)15-13(17-14)16-12(10)20-9/h8H,4-7,14H2,1-3H3,(H,15,16,17). The Labute approximate surface area is 122 Å². The topological polar surface area (TPSA) is 76.3 Å². The first-order valence-corrected chi connectivity index (χ1v) is 7.50. The molecule has 20 heavy (non-hydrogen) atoms. The van der Waals surface area contributed by atoms with Crippen molar-refractivity contribution in [2.24, 2.45) is 5.84 Å². The molecule has 0 aliphatic rings. The van der Waals surface area contributed by atoms with Crippen molar-refractivity contribution in [3.63, 3.8) is 0 Å². The van der Waals surface area contributed by atoms with E-state index >= 15 is 0 Å². The van der Waals surface area contributed by atoms with Gasteiger partial charge in [0.05, 0.1) is 12.0 Å². The summed E-state index contributed by atoms with van der Waals surface area (Å²) in [4.78, 5) is 13.0. The number of nitrogens with zero attached hydrogens (tertiary/aromatic N) is 3. The van der Waals surface area contributed by atoms with Gasteiger partial charge in [0.1, 0.15) is 4.83 Å². The minimum Gasteiger partial charge on any atom is -0.477 e. The highest BCUT2D eigenvalue weighted by Crippen LogP contribution is 2.31. The fourth-order valence-corrected chi connectivity index (χ4v) is 2.80. The lowest BCUT2D eigenvalue weighted by Gasteiger charge is -2.10. The van der Waals surface area contributed by atoms with Gasteiger partial charge >= 0.3 is 0 Å². The molecule has 0 saturated carbocycles. The molecule has 0 atom stereocenters. The summed E-state index contributed by atoms with van der Waals surface area (Å²) < 4.78 is 5.80. The van der Waals surface area contributed by atoms with E-state index < -0.39 is 0 Å². The van der Waals surface area contributed by atoms with Gasteiger partial charge in [-0.1, -0.05) is 6.92 Å². The van der Waals surface area contributed by atoms with E-state index in [0.717, 1.165) is 29.6 Å². The third-order valence-electron chi connectivity index (χ3n) is 2.87. The number of anilines is 1. The van der Waals surface area contributed by atoms with Gasteiger partial charge in [-0.15, -0.1) is 11.3 Å². The molecule has 2 aromatic rings. The average molecular weight is 295 g/mol. The molecular formula is C13H21N5OS. The van der Waals surface area contributed by atoms with Crippen LogP contribution in [0.4, 0.5) is 5.95 Å². The maximum absolute atomic E-state index is 5.80. The second-order valence-corrected chi connectivity index (χ2v) is 5.90. The van der Waals surface area contributed by atoms with Gasteiger partial charge in [-0.3, -0.25) is 5.43 Å². The Hall–Kier alpha value is -1.44. The molecule has 0 spiro atoms. The van der Waals surface area contributed by atoms with Crippen LogP contribution in [0.1, 0.15) is 18.2 Å². The smallest absolute Gasteiger partial charge is 0.241 e. The second-order valence-electron chi connectivity index (χ2n) is 4.79. The normalized spacial score (nSPS) is 11.2. The highest BCUT2D eigenvalue weighted by molar-refractivity contribution is 7.18. The summed E-state index contributed by atoms with van der Waals surface area (Å²) in [5.41, 5.74) is 2.49. The molecule has 0 aromatic carbocycles. The van der Waals surface area contributed by atoms with Crippen LogP contribution in [-0.4, -0.2) is 42.1 Å². The Bertz CT molecular complexity index is 569. The molecular weight excluding hydrogens is 274 g/mol.